The molecule has 0 spiro atoms. The molecule has 1 saturated carbocycles. The number of rotatable bonds is 5. The average molecular weight is 413 g/mol. The Balaban J connectivity index is 1.36. The van der Waals surface area contributed by atoms with E-state index < -0.39 is 0 Å². The quantitative estimate of drug-likeness (QED) is 0.769. The summed E-state index contributed by atoms with van der Waals surface area (Å²) in [6.45, 7) is 2.14. The van der Waals surface area contributed by atoms with Gasteiger partial charge in [0, 0.05) is 17.2 Å². The van der Waals surface area contributed by atoms with E-state index in [0.29, 0.717) is 31.9 Å². The van der Waals surface area contributed by atoms with Crippen LogP contribution in [0.2, 0.25) is 0 Å². The first-order chi connectivity index (χ1) is 14.7. The maximum absolute atomic E-state index is 13.7. The molecule has 1 fully saturated rings. The van der Waals surface area contributed by atoms with Gasteiger partial charge in [0.15, 0.2) is 0 Å². The lowest BCUT2D eigenvalue weighted by Gasteiger charge is -2.27. The Kier molecular flexibility index (Phi) is 6.84. The lowest BCUT2D eigenvalue weighted by Crippen LogP contribution is -2.45. The maximum Gasteiger partial charge on any atom is 0.318 e. The number of nitrogens with zero attached hydrogens (tertiary/aromatic N) is 1. The molecule has 0 radical (unpaired) electrons. The molecule has 2 amide bonds. The highest BCUT2D eigenvalue weighted by atomic mass is 19.1. The average Bonchev–Trinajstić information content (AvgIpc) is 2.98. The van der Waals surface area contributed by atoms with Crippen LogP contribution < -0.4 is 10.1 Å². The number of carbonyl (C=O) groups is 1. The number of hydrogen-bond donors (Lipinski definition) is 1. The van der Waals surface area contributed by atoms with Crippen molar-refractivity contribution in [1.82, 2.24) is 10.2 Å². The number of benzene rings is 2. The third kappa shape index (κ3) is 5.30. The zero-order valence-corrected chi connectivity index (χ0v) is 17.2. The molecule has 6 heteroatoms. The molecule has 30 heavy (non-hydrogen) atoms. The molecule has 0 atom stereocenters. The van der Waals surface area contributed by atoms with Gasteiger partial charge >= 0.3 is 6.03 Å². The Hall–Kier alpha value is -2.60. The Labute approximate surface area is 177 Å². The fourth-order valence-electron chi connectivity index (χ4n) is 4.12. The monoisotopic (exact) mass is 412 g/mol. The molecule has 1 N–H and O–H groups in total. The van der Waals surface area contributed by atoms with Gasteiger partial charge in [0.25, 0.3) is 0 Å². The van der Waals surface area contributed by atoms with Crippen molar-refractivity contribution in [2.75, 3.05) is 13.2 Å². The summed E-state index contributed by atoms with van der Waals surface area (Å²) in [5, 5.41) is 3.19. The second-order valence-electron chi connectivity index (χ2n) is 8.08. The lowest BCUT2D eigenvalue weighted by atomic mass is 9.96. The van der Waals surface area contributed by atoms with Crippen LogP contribution in [0.3, 0.4) is 0 Å². The first kappa shape index (κ1) is 20.7. The Morgan fingerprint density at radius 1 is 1.13 bits per heavy atom. The summed E-state index contributed by atoms with van der Waals surface area (Å²) >= 11 is 0. The summed E-state index contributed by atoms with van der Waals surface area (Å²) < 4.78 is 25.3. The fourth-order valence-corrected chi connectivity index (χ4v) is 4.12. The molecule has 0 saturated heterocycles. The number of halogens is 1. The van der Waals surface area contributed by atoms with E-state index in [2.05, 4.69) is 5.32 Å². The molecule has 1 aliphatic heterocycles. The SMILES string of the molecule is O=C(NC1CCCCC1)N1CCOc2ccc(COCc3ccccc3F)cc2C1. The second-order valence-corrected chi connectivity index (χ2v) is 8.08. The largest absolute Gasteiger partial charge is 0.491 e. The number of nitrogens with one attached hydrogen (secondary N) is 1. The number of hydrogen-bond acceptors (Lipinski definition) is 3. The molecule has 0 bridgehead atoms. The minimum atomic E-state index is -0.257. The van der Waals surface area contributed by atoms with Gasteiger partial charge in [0.2, 0.25) is 0 Å². The third-order valence-electron chi connectivity index (χ3n) is 5.81. The molecule has 4 rings (SSSR count). The van der Waals surface area contributed by atoms with Gasteiger partial charge in [-0.05, 0) is 36.6 Å². The molecule has 160 valence electrons. The van der Waals surface area contributed by atoms with Gasteiger partial charge in [-0.15, -0.1) is 0 Å². The van der Waals surface area contributed by atoms with Crippen molar-refractivity contribution >= 4 is 6.03 Å². The van der Waals surface area contributed by atoms with Gasteiger partial charge in [-0.3, -0.25) is 0 Å². The first-order valence-corrected chi connectivity index (χ1v) is 10.8. The highest BCUT2D eigenvalue weighted by molar-refractivity contribution is 5.74. The molecular formula is C24H29FN2O3. The molecule has 5 nitrogen and oxygen atoms in total. The van der Waals surface area contributed by atoms with Crippen LogP contribution in [0.15, 0.2) is 42.5 Å². The summed E-state index contributed by atoms with van der Waals surface area (Å²) in [5.74, 6) is 0.549. The molecule has 1 heterocycles. The Morgan fingerprint density at radius 2 is 1.97 bits per heavy atom. The van der Waals surface area contributed by atoms with Crippen LogP contribution in [-0.2, 0) is 24.5 Å². The van der Waals surface area contributed by atoms with Crippen LogP contribution >= 0.6 is 0 Å². The number of fused-ring (bicyclic) bond motifs is 1. The summed E-state index contributed by atoms with van der Waals surface area (Å²) in [5.41, 5.74) is 2.49. The van der Waals surface area contributed by atoms with Crippen molar-refractivity contribution in [3.8, 4) is 5.75 Å². The van der Waals surface area contributed by atoms with Gasteiger partial charge in [-0.1, -0.05) is 43.5 Å². The normalized spacial score (nSPS) is 17.0. The van der Waals surface area contributed by atoms with Crippen molar-refractivity contribution in [1.29, 1.82) is 0 Å². The van der Waals surface area contributed by atoms with Crippen LogP contribution in [0.5, 0.6) is 5.75 Å². The highest BCUT2D eigenvalue weighted by Crippen LogP contribution is 2.25. The number of carbonyl (C=O) groups excluding carboxylic acids is 1. The summed E-state index contributed by atoms with van der Waals surface area (Å²) in [7, 11) is 0. The van der Waals surface area contributed by atoms with Crippen molar-refractivity contribution < 1.29 is 18.7 Å². The van der Waals surface area contributed by atoms with Crippen molar-refractivity contribution in [3.63, 3.8) is 0 Å². The zero-order valence-electron chi connectivity index (χ0n) is 17.2. The van der Waals surface area contributed by atoms with Crippen LogP contribution in [-0.4, -0.2) is 30.1 Å². The standard InChI is InChI=1S/C24H29FN2O3/c25-22-9-5-4-6-19(22)17-29-16-18-10-11-23-20(14-18)15-27(12-13-30-23)24(28)26-21-7-2-1-3-8-21/h4-6,9-11,14,21H,1-3,7-8,12-13,15-17H2,(H,26,28). The Morgan fingerprint density at radius 3 is 2.80 bits per heavy atom. The van der Waals surface area contributed by atoms with Crippen LogP contribution in [0.4, 0.5) is 9.18 Å². The van der Waals surface area contributed by atoms with Gasteiger partial charge < -0.3 is 19.7 Å². The van der Waals surface area contributed by atoms with E-state index in [9.17, 15) is 9.18 Å². The smallest absolute Gasteiger partial charge is 0.318 e. The van der Waals surface area contributed by atoms with Crippen LogP contribution in [0, 0.1) is 5.82 Å². The van der Waals surface area contributed by atoms with Crippen molar-refractivity contribution in [3.05, 3.63) is 65.0 Å². The predicted octanol–water partition coefficient (Wildman–Crippen LogP) is 4.78. The maximum atomic E-state index is 13.7. The number of ether oxygens (including phenoxy) is 2. The lowest BCUT2D eigenvalue weighted by molar-refractivity contribution is 0.105. The third-order valence-corrected chi connectivity index (χ3v) is 5.81. The molecule has 2 aromatic carbocycles. The van der Waals surface area contributed by atoms with E-state index in [1.54, 1.807) is 18.2 Å². The molecule has 0 unspecified atom stereocenters. The fraction of sp³-hybridized carbons (Fsp3) is 0.458. The predicted molar refractivity (Wildman–Crippen MR) is 113 cm³/mol. The number of urea groups is 1. The number of amides is 2. The van der Waals surface area contributed by atoms with Crippen molar-refractivity contribution in [2.45, 2.75) is 57.9 Å². The zero-order chi connectivity index (χ0) is 20.8. The van der Waals surface area contributed by atoms with Crippen LogP contribution in [0.25, 0.3) is 0 Å². The van der Waals surface area contributed by atoms with E-state index in [1.807, 2.05) is 23.1 Å². The van der Waals surface area contributed by atoms with E-state index in [0.717, 1.165) is 29.7 Å². The molecule has 2 aromatic rings. The first-order valence-electron chi connectivity index (χ1n) is 10.8. The second kappa shape index (κ2) is 9.94. The van der Waals surface area contributed by atoms with Gasteiger partial charge in [0.05, 0.1) is 26.3 Å². The minimum Gasteiger partial charge on any atom is -0.491 e. The van der Waals surface area contributed by atoms with Gasteiger partial charge in [-0.25, -0.2) is 9.18 Å². The Bertz CT molecular complexity index is 867. The van der Waals surface area contributed by atoms with Crippen LogP contribution in [0.1, 0.15) is 48.8 Å². The minimum absolute atomic E-state index is 0.0143. The summed E-state index contributed by atoms with van der Waals surface area (Å²) in [6.07, 6.45) is 5.77. The van der Waals surface area contributed by atoms with E-state index >= 15 is 0 Å². The summed E-state index contributed by atoms with van der Waals surface area (Å²) in [4.78, 5) is 14.6. The van der Waals surface area contributed by atoms with Gasteiger partial charge in [0.1, 0.15) is 18.2 Å². The highest BCUT2D eigenvalue weighted by Gasteiger charge is 2.23. The molecule has 1 aliphatic carbocycles. The molecular weight excluding hydrogens is 383 g/mol. The van der Waals surface area contributed by atoms with E-state index in [1.165, 1.54) is 25.3 Å². The van der Waals surface area contributed by atoms with Crippen molar-refractivity contribution in [2.24, 2.45) is 0 Å². The topological polar surface area (TPSA) is 50.8 Å². The van der Waals surface area contributed by atoms with E-state index in [-0.39, 0.29) is 24.5 Å². The van der Waals surface area contributed by atoms with Gasteiger partial charge in [-0.2, -0.15) is 0 Å². The molecule has 2 aliphatic rings. The summed E-state index contributed by atoms with van der Waals surface area (Å²) in [6, 6.07) is 12.8. The van der Waals surface area contributed by atoms with E-state index in [4.69, 9.17) is 9.47 Å². The molecule has 0 aromatic heterocycles.